The van der Waals surface area contributed by atoms with Crippen molar-refractivity contribution in [3.63, 3.8) is 0 Å². The van der Waals surface area contributed by atoms with Crippen molar-refractivity contribution in [3.05, 3.63) is 60.2 Å². The van der Waals surface area contributed by atoms with Gasteiger partial charge in [-0.05, 0) is 49.7 Å². The minimum atomic E-state index is -0.691. The molecule has 3 heterocycles. The van der Waals surface area contributed by atoms with E-state index in [0.29, 0.717) is 18.6 Å². The minimum Gasteiger partial charge on any atom is -0.361 e. The predicted molar refractivity (Wildman–Crippen MR) is 104 cm³/mol. The van der Waals surface area contributed by atoms with Gasteiger partial charge in [0.1, 0.15) is 11.6 Å². The number of aromatic nitrogens is 2. The number of aromatic amines is 1. The average Bonchev–Trinajstić information content (AvgIpc) is 3.12. The van der Waals surface area contributed by atoms with E-state index in [9.17, 15) is 9.18 Å². The maximum atomic E-state index is 13.5. The van der Waals surface area contributed by atoms with E-state index in [-0.39, 0.29) is 11.7 Å². The Hall–Kier alpha value is -2.89. The molecule has 1 aromatic carbocycles. The van der Waals surface area contributed by atoms with Gasteiger partial charge >= 0.3 is 0 Å². The largest absolute Gasteiger partial charge is 0.361 e. The number of pyridine rings is 1. The first-order valence-corrected chi connectivity index (χ1v) is 9.19. The number of carbonyl (C=O) groups is 1. The third kappa shape index (κ3) is 3.16. The number of benzene rings is 1. The first-order valence-electron chi connectivity index (χ1n) is 9.19. The molecule has 1 fully saturated rings. The van der Waals surface area contributed by atoms with Crippen LogP contribution < -0.4 is 4.90 Å². The van der Waals surface area contributed by atoms with Crippen molar-refractivity contribution < 1.29 is 9.18 Å². The Balaban J connectivity index is 1.52. The number of carbonyl (C=O) groups excluding carboxylic acids is 1. The molecule has 0 atom stereocenters. The Kier molecular flexibility index (Phi) is 4.34. The van der Waals surface area contributed by atoms with Gasteiger partial charge in [-0.1, -0.05) is 6.07 Å². The number of H-pyrrole nitrogens is 1. The summed E-state index contributed by atoms with van der Waals surface area (Å²) in [6.07, 6.45) is 3.61. The quantitative estimate of drug-likeness (QED) is 0.774. The van der Waals surface area contributed by atoms with Crippen molar-refractivity contribution in [3.8, 4) is 0 Å². The Morgan fingerprint density at radius 2 is 1.93 bits per heavy atom. The summed E-state index contributed by atoms with van der Waals surface area (Å²) in [4.78, 5) is 24.9. The Bertz CT molecular complexity index is 959. The Morgan fingerprint density at radius 1 is 1.15 bits per heavy atom. The molecule has 0 bridgehead atoms. The SMILES string of the molecule is CC(C)(C(=O)N1CCN(c2ccccn2)CC1)c1c[nH]c2cc(F)ccc12. The van der Waals surface area contributed by atoms with Crippen LogP contribution in [-0.2, 0) is 10.2 Å². The highest BCUT2D eigenvalue weighted by Crippen LogP contribution is 2.33. The summed E-state index contributed by atoms with van der Waals surface area (Å²) in [5.74, 6) is 0.751. The Morgan fingerprint density at radius 3 is 2.63 bits per heavy atom. The molecule has 0 unspecified atom stereocenters. The second-order valence-electron chi connectivity index (χ2n) is 7.48. The molecule has 6 heteroatoms. The third-order valence-corrected chi connectivity index (χ3v) is 5.39. The molecule has 1 N–H and O–H groups in total. The molecule has 0 radical (unpaired) electrons. The number of halogens is 1. The second-order valence-corrected chi connectivity index (χ2v) is 7.48. The van der Waals surface area contributed by atoms with Crippen LogP contribution >= 0.6 is 0 Å². The molecule has 27 heavy (non-hydrogen) atoms. The molecular formula is C21H23FN4O. The molecule has 2 aromatic heterocycles. The molecule has 140 valence electrons. The molecule has 3 aromatic rings. The Labute approximate surface area is 157 Å². The fourth-order valence-corrected chi connectivity index (χ4v) is 3.81. The van der Waals surface area contributed by atoms with E-state index < -0.39 is 5.41 Å². The minimum absolute atomic E-state index is 0.0911. The molecule has 5 nitrogen and oxygen atoms in total. The summed E-state index contributed by atoms with van der Waals surface area (Å²) in [6, 6.07) is 10.5. The monoisotopic (exact) mass is 366 g/mol. The van der Waals surface area contributed by atoms with Crippen LogP contribution in [0.25, 0.3) is 10.9 Å². The molecule has 0 aliphatic carbocycles. The highest BCUT2D eigenvalue weighted by atomic mass is 19.1. The van der Waals surface area contributed by atoms with Crippen LogP contribution in [0, 0.1) is 5.82 Å². The van der Waals surface area contributed by atoms with E-state index in [1.54, 1.807) is 12.3 Å². The van der Waals surface area contributed by atoms with Crippen LogP contribution in [0.4, 0.5) is 10.2 Å². The van der Waals surface area contributed by atoms with E-state index in [0.717, 1.165) is 29.9 Å². The summed E-state index contributed by atoms with van der Waals surface area (Å²) in [5.41, 5.74) is 0.920. The van der Waals surface area contributed by atoms with Gasteiger partial charge in [0.2, 0.25) is 5.91 Å². The molecular weight excluding hydrogens is 343 g/mol. The van der Waals surface area contributed by atoms with Gasteiger partial charge in [0, 0.05) is 49.5 Å². The van der Waals surface area contributed by atoms with E-state index in [1.807, 2.05) is 43.1 Å². The molecule has 1 amide bonds. The third-order valence-electron chi connectivity index (χ3n) is 5.39. The van der Waals surface area contributed by atoms with Gasteiger partial charge in [-0.25, -0.2) is 9.37 Å². The number of nitrogens with one attached hydrogen (secondary N) is 1. The summed E-state index contributed by atoms with van der Waals surface area (Å²) in [7, 11) is 0. The van der Waals surface area contributed by atoms with Crippen LogP contribution in [0.2, 0.25) is 0 Å². The fraction of sp³-hybridized carbons (Fsp3) is 0.333. The number of piperazine rings is 1. The maximum Gasteiger partial charge on any atom is 0.232 e. The highest BCUT2D eigenvalue weighted by Gasteiger charge is 2.37. The van der Waals surface area contributed by atoms with E-state index in [1.165, 1.54) is 12.1 Å². The fourth-order valence-electron chi connectivity index (χ4n) is 3.81. The normalized spacial score (nSPS) is 15.4. The molecule has 1 saturated heterocycles. The summed E-state index contributed by atoms with van der Waals surface area (Å²) < 4.78 is 13.5. The van der Waals surface area contributed by atoms with Gasteiger partial charge in [-0.3, -0.25) is 4.79 Å². The van der Waals surface area contributed by atoms with Crippen molar-refractivity contribution in [1.82, 2.24) is 14.9 Å². The average molecular weight is 366 g/mol. The lowest BCUT2D eigenvalue weighted by atomic mass is 9.82. The van der Waals surface area contributed by atoms with E-state index >= 15 is 0 Å². The van der Waals surface area contributed by atoms with Crippen molar-refractivity contribution in [2.75, 3.05) is 31.1 Å². The summed E-state index contributed by atoms with van der Waals surface area (Å²) in [5, 5.41) is 0.891. The number of anilines is 1. The van der Waals surface area contributed by atoms with Crippen molar-refractivity contribution in [2.24, 2.45) is 0 Å². The lowest BCUT2D eigenvalue weighted by Gasteiger charge is -2.39. The lowest BCUT2D eigenvalue weighted by Crippen LogP contribution is -2.53. The van der Waals surface area contributed by atoms with Crippen LogP contribution in [0.15, 0.2) is 48.8 Å². The molecule has 0 spiro atoms. The van der Waals surface area contributed by atoms with Crippen LogP contribution in [-0.4, -0.2) is 47.0 Å². The number of fused-ring (bicyclic) bond motifs is 1. The van der Waals surface area contributed by atoms with E-state index in [4.69, 9.17) is 0 Å². The van der Waals surface area contributed by atoms with Crippen molar-refractivity contribution in [2.45, 2.75) is 19.3 Å². The van der Waals surface area contributed by atoms with Crippen molar-refractivity contribution in [1.29, 1.82) is 0 Å². The predicted octanol–water partition coefficient (Wildman–Crippen LogP) is 3.33. The first kappa shape index (κ1) is 17.5. The van der Waals surface area contributed by atoms with Gasteiger partial charge in [-0.15, -0.1) is 0 Å². The van der Waals surface area contributed by atoms with Gasteiger partial charge < -0.3 is 14.8 Å². The molecule has 1 aliphatic rings. The van der Waals surface area contributed by atoms with Crippen LogP contribution in [0.3, 0.4) is 0 Å². The van der Waals surface area contributed by atoms with Crippen LogP contribution in [0.1, 0.15) is 19.4 Å². The number of hydrogen-bond acceptors (Lipinski definition) is 3. The zero-order valence-corrected chi connectivity index (χ0v) is 15.6. The number of amides is 1. The molecule has 0 saturated carbocycles. The number of nitrogens with zero attached hydrogens (tertiary/aromatic N) is 3. The smallest absolute Gasteiger partial charge is 0.232 e. The zero-order chi connectivity index (χ0) is 19.0. The standard InChI is InChI=1S/C21H23FN4O/c1-21(2,17-14-24-18-13-15(22)6-7-16(17)18)20(27)26-11-9-25(10-12-26)19-5-3-4-8-23-19/h3-8,13-14,24H,9-12H2,1-2H3. The number of rotatable bonds is 3. The van der Waals surface area contributed by atoms with Gasteiger partial charge in [-0.2, -0.15) is 0 Å². The van der Waals surface area contributed by atoms with Crippen molar-refractivity contribution >= 4 is 22.6 Å². The van der Waals surface area contributed by atoms with Gasteiger partial charge in [0.15, 0.2) is 0 Å². The van der Waals surface area contributed by atoms with Crippen LogP contribution in [0.5, 0.6) is 0 Å². The second kappa shape index (κ2) is 6.68. The lowest BCUT2D eigenvalue weighted by molar-refractivity contribution is -0.136. The van der Waals surface area contributed by atoms with E-state index in [2.05, 4.69) is 14.9 Å². The maximum absolute atomic E-state index is 13.5. The molecule has 4 rings (SSSR count). The number of hydrogen-bond donors (Lipinski definition) is 1. The summed E-state index contributed by atoms with van der Waals surface area (Å²) in [6.45, 7) is 6.72. The van der Waals surface area contributed by atoms with Gasteiger partial charge in [0.25, 0.3) is 0 Å². The topological polar surface area (TPSA) is 52.2 Å². The van der Waals surface area contributed by atoms with Gasteiger partial charge in [0.05, 0.1) is 5.41 Å². The highest BCUT2D eigenvalue weighted by molar-refractivity contribution is 5.94. The zero-order valence-electron chi connectivity index (χ0n) is 15.6. The first-order chi connectivity index (χ1) is 13.0. The molecule has 1 aliphatic heterocycles. The summed E-state index contributed by atoms with van der Waals surface area (Å²) >= 11 is 0.